The maximum atomic E-state index is 12.0. The van der Waals surface area contributed by atoms with Crippen LogP contribution in [0.25, 0.3) is 0 Å². The van der Waals surface area contributed by atoms with Gasteiger partial charge in [0.2, 0.25) is 5.91 Å². The Morgan fingerprint density at radius 3 is 2.38 bits per heavy atom. The number of carbonyl (C=O) groups is 1. The molecular formula is C17H21N3O. The fraction of sp³-hybridized carbons (Fsp3) is 0.294. The molecule has 0 unspecified atom stereocenters. The van der Waals surface area contributed by atoms with Crippen LogP contribution in [0, 0.1) is 0 Å². The SMILES string of the molecule is CCN(CC)c1ccc(NC(=O)Cc2ccccc2)cn1. The first-order valence-electron chi connectivity index (χ1n) is 7.27. The van der Waals surface area contributed by atoms with Crippen molar-refractivity contribution in [1.29, 1.82) is 0 Å². The van der Waals surface area contributed by atoms with Gasteiger partial charge in [0, 0.05) is 13.1 Å². The topological polar surface area (TPSA) is 45.2 Å². The molecule has 0 fully saturated rings. The van der Waals surface area contributed by atoms with E-state index in [4.69, 9.17) is 0 Å². The summed E-state index contributed by atoms with van der Waals surface area (Å²) in [5.74, 6) is 0.902. The molecule has 0 radical (unpaired) electrons. The maximum Gasteiger partial charge on any atom is 0.228 e. The van der Waals surface area contributed by atoms with Crippen LogP contribution in [0.4, 0.5) is 11.5 Å². The number of anilines is 2. The fourth-order valence-corrected chi connectivity index (χ4v) is 2.18. The molecule has 0 saturated carbocycles. The van der Waals surface area contributed by atoms with Gasteiger partial charge in [-0.05, 0) is 31.5 Å². The third-order valence-electron chi connectivity index (χ3n) is 3.33. The van der Waals surface area contributed by atoms with Crippen LogP contribution >= 0.6 is 0 Å². The van der Waals surface area contributed by atoms with Gasteiger partial charge in [0.1, 0.15) is 5.82 Å². The predicted molar refractivity (Wildman–Crippen MR) is 86.6 cm³/mol. The van der Waals surface area contributed by atoms with Crippen molar-refractivity contribution in [1.82, 2.24) is 4.98 Å². The molecule has 0 aliphatic rings. The highest BCUT2D eigenvalue weighted by atomic mass is 16.1. The Bertz CT molecular complexity index is 562. The van der Waals surface area contributed by atoms with Crippen molar-refractivity contribution in [2.45, 2.75) is 20.3 Å². The fourth-order valence-electron chi connectivity index (χ4n) is 2.18. The minimum Gasteiger partial charge on any atom is -0.357 e. The average Bonchev–Trinajstić information content (AvgIpc) is 2.51. The number of hydrogen-bond donors (Lipinski definition) is 1. The zero-order valence-corrected chi connectivity index (χ0v) is 12.5. The number of pyridine rings is 1. The lowest BCUT2D eigenvalue weighted by Crippen LogP contribution is -2.23. The number of nitrogens with zero attached hydrogens (tertiary/aromatic N) is 2. The standard InChI is InChI=1S/C17H21N3O/c1-3-20(4-2)16-11-10-15(13-18-16)19-17(21)12-14-8-6-5-7-9-14/h5-11,13H,3-4,12H2,1-2H3,(H,19,21). The van der Waals surface area contributed by atoms with Gasteiger partial charge >= 0.3 is 0 Å². The summed E-state index contributed by atoms with van der Waals surface area (Å²) >= 11 is 0. The Morgan fingerprint density at radius 1 is 1.10 bits per heavy atom. The summed E-state index contributed by atoms with van der Waals surface area (Å²) in [6.45, 7) is 6.04. The largest absolute Gasteiger partial charge is 0.357 e. The lowest BCUT2D eigenvalue weighted by molar-refractivity contribution is -0.115. The zero-order valence-electron chi connectivity index (χ0n) is 12.5. The van der Waals surface area contributed by atoms with Crippen LogP contribution in [0.5, 0.6) is 0 Å². The van der Waals surface area contributed by atoms with Crippen LogP contribution in [0.2, 0.25) is 0 Å². The van der Waals surface area contributed by atoms with Crippen LogP contribution in [0.3, 0.4) is 0 Å². The monoisotopic (exact) mass is 283 g/mol. The van der Waals surface area contributed by atoms with E-state index in [2.05, 4.69) is 29.0 Å². The molecule has 0 aliphatic heterocycles. The Hall–Kier alpha value is -2.36. The van der Waals surface area contributed by atoms with E-state index in [1.165, 1.54) is 0 Å². The smallest absolute Gasteiger partial charge is 0.228 e. The number of carbonyl (C=O) groups excluding carboxylic acids is 1. The molecule has 2 rings (SSSR count). The van der Waals surface area contributed by atoms with Gasteiger partial charge in [-0.15, -0.1) is 0 Å². The van der Waals surface area contributed by atoms with Crippen LogP contribution in [-0.4, -0.2) is 24.0 Å². The van der Waals surface area contributed by atoms with E-state index >= 15 is 0 Å². The number of hydrogen-bond acceptors (Lipinski definition) is 3. The minimum absolute atomic E-state index is 0.0291. The van der Waals surface area contributed by atoms with Crippen molar-refractivity contribution in [3.05, 3.63) is 54.2 Å². The first-order valence-corrected chi connectivity index (χ1v) is 7.27. The Labute approximate surface area is 125 Å². The minimum atomic E-state index is -0.0291. The van der Waals surface area contributed by atoms with Crippen LogP contribution in [0.15, 0.2) is 48.7 Å². The molecule has 4 nitrogen and oxygen atoms in total. The summed E-state index contributed by atoms with van der Waals surface area (Å²) in [5, 5.41) is 2.87. The second-order valence-corrected chi connectivity index (χ2v) is 4.79. The lowest BCUT2D eigenvalue weighted by Gasteiger charge is -2.19. The quantitative estimate of drug-likeness (QED) is 0.886. The highest BCUT2D eigenvalue weighted by Gasteiger charge is 2.06. The van der Waals surface area contributed by atoms with Gasteiger partial charge in [-0.3, -0.25) is 4.79 Å². The second-order valence-electron chi connectivity index (χ2n) is 4.79. The maximum absolute atomic E-state index is 12.0. The number of aromatic nitrogens is 1. The molecule has 0 atom stereocenters. The molecule has 1 aromatic heterocycles. The van der Waals surface area contributed by atoms with Crippen molar-refractivity contribution < 1.29 is 4.79 Å². The van der Waals surface area contributed by atoms with Gasteiger partial charge in [0.15, 0.2) is 0 Å². The van der Waals surface area contributed by atoms with Crippen molar-refractivity contribution >= 4 is 17.4 Å². The zero-order chi connectivity index (χ0) is 15.1. The molecular weight excluding hydrogens is 262 g/mol. The molecule has 0 spiro atoms. The molecule has 0 bridgehead atoms. The van der Waals surface area contributed by atoms with Gasteiger partial charge in [0.25, 0.3) is 0 Å². The summed E-state index contributed by atoms with van der Waals surface area (Å²) in [6.07, 6.45) is 2.08. The van der Waals surface area contributed by atoms with Crippen molar-refractivity contribution in [2.24, 2.45) is 0 Å². The van der Waals surface area contributed by atoms with E-state index in [-0.39, 0.29) is 5.91 Å². The van der Waals surface area contributed by atoms with Crippen molar-refractivity contribution in [3.63, 3.8) is 0 Å². The van der Waals surface area contributed by atoms with E-state index < -0.39 is 0 Å². The molecule has 4 heteroatoms. The van der Waals surface area contributed by atoms with Gasteiger partial charge in [-0.25, -0.2) is 4.98 Å². The van der Waals surface area contributed by atoms with E-state index in [0.717, 1.165) is 30.2 Å². The Balaban J connectivity index is 1.95. The predicted octanol–water partition coefficient (Wildman–Crippen LogP) is 3.11. The van der Waals surface area contributed by atoms with Crippen molar-refractivity contribution in [2.75, 3.05) is 23.3 Å². The molecule has 21 heavy (non-hydrogen) atoms. The average molecular weight is 283 g/mol. The number of rotatable bonds is 6. The van der Waals surface area contributed by atoms with Gasteiger partial charge in [-0.2, -0.15) is 0 Å². The van der Waals surface area contributed by atoms with Gasteiger partial charge < -0.3 is 10.2 Å². The van der Waals surface area contributed by atoms with Crippen molar-refractivity contribution in [3.8, 4) is 0 Å². The van der Waals surface area contributed by atoms with Crippen LogP contribution in [0.1, 0.15) is 19.4 Å². The highest BCUT2D eigenvalue weighted by molar-refractivity contribution is 5.92. The second kappa shape index (κ2) is 7.43. The van der Waals surface area contributed by atoms with Crippen LogP contribution < -0.4 is 10.2 Å². The first kappa shape index (κ1) is 15.0. The molecule has 110 valence electrons. The van der Waals surface area contributed by atoms with Crippen LogP contribution in [-0.2, 0) is 11.2 Å². The van der Waals surface area contributed by atoms with E-state index in [9.17, 15) is 4.79 Å². The summed E-state index contributed by atoms with van der Waals surface area (Å²) in [5.41, 5.74) is 1.73. The van der Waals surface area contributed by atoms with Gasteiger partial charge in [-0.1, -0.05) is 30.3 Å². The molecule has 2 aromatic rings. The summed E-state index contributed by atoms with van der Waals surface area (Å²) in [7, 11) is 0. The highest BCUT2D eigenvalue weighted by Crippen LogP contribution is 2.14. The third kappa shape index (κ3) is 4.31. The van der Waals surface area contributed by atoms with E-state index in [1.54, 1.807) is 6.20 Å². The molecule has 1 amide bonds. The summed E-state index contributed by atoms with van der Waals surface area (Å²) < 4.78 is 0. The number of benzene rings is 1. The molecule has 0 saturated heterocycles. The normalized spacial score (nSPS) is 10.2. The van der Waals surface area contributed by atoms with E-state index in [0.29, 0.717) is 6.42 Å². The molecule has 0 aliphatic carbocycles. The Morgan fingerprint density at radius 2 is 1.81 bits per heavy atom. The molecule has 1 heterocycles. The van der Waals surface area contributed by atoms with E-state index in [1.807, 2.05) is 42.5 Å². The first-order chi connectivity index (χ1) is 10.2. The summed E-state index contributed by atoms with van der Waals surface area (Å²) in [4.78, 5) is 18.5. The summed E-state index contributed by atoms with van der Waals surface area (Å²) in [6, 6.07) is 13.5. The Kier molecular flexibility index (Phi) is 5.32. The third-order valence-corrected chi connectivity index (χ3v) is 3.33. The molecule has 1 aromatic carbocycles. The van der Waals surface area contributed by atoms with Gasteiger partial charge in [0.05, 0.1) is 18.3 Å². The molecule has 1 N–H and O–H groups in total. The number of amides is 1. The lowest BCUT2D eigenvalue weighted by atomic mass is 10.1. The number of nitrogens with one attached hydrogen (secondary N) is 1.